The van der Waals surface area contributed by atoms with Crippen molar-refractivity contribution in [1.82, 2.24) is 10.3 Å². The van der Waals surface area contributed by atoms with E-state index in [4.69, 9.17) is 10.5 Å². The number of hydrogen-bond donors (Lipinski definition) is 2. The fraction of sp³-hybridized carbons (Fsp3) is 0.625. The number of pyridine rings is 1. The van der Waals surface area contributed by atoms with Crippen molar-refractivity contribution in [2.45, 2.75) is 38.5 Å². The Morgan fingerprint density at radius 3 is 3.05 bits per heavy atom. The molecule has 1 fully saturated rings. The molecule has 0 saturated carbocycles. The van der Waals surface area contributed by atoms with Gasteiger partial charge in [-0.05, 0) is 69.2 Å². The predicted molar refractivity (Wildman–Crippen MR) is 80.5 cm³/mol. The molecule has 2 aliphatic rings. The van der Waals surface area contributed by atoms with Gasteiger partial charge in [0.2, 0.25) is 5.88 Å². The van der Waals surface area contributed by atoms with Crippen LogP contribution in [0.4, 0.5) is 0 Å². The van der Waals surface area contributed by atoms with Crippen molar-refractivity contribution < 1.29 is 9.53 Å². The fourth-order valence-corrected chi connectivity index (χ4v) is 3.18. The van der Waals surface area contributed by atoms with E-state index in [-0.39, 0.29) is 0 Å². The number of rotatable bonds is 5. The number of nitrogens with two attached hydrogens (primary N) is 1. The number of carbonyl (C=O) groups excluding carboxylic acids is 1. The van der Waals surface area contributed by atoms with Gasteiger partial charge in [-0.15, -0.1) is 0 Å². The van der Waals surface area contributed by atoms with Gasteiger partial charge in [0, 0.05) is 5.69 Å². The number of aryl methyl sites for hydroxylation is 2. The molecule has 21 heavy (non-hydrogen) atoms. The molecule has 3 rings (SSSR count). The van der Waals surface area contributed by atoms with Crippen LogP contribution in [0.15, 0.2) is 6.07 Å². The van der Waals surface area contributed by atoms with Gasteiger partial charge in [-0.25, -0.2) is 4.98 Å². The summed E-state index contributed by atoms with van der Waals surface area (Å²) in [6.45, 7) is 2.75. The van der Waals surface area contributed by atoms with Crippen LogP contribution in [0.3, 0.4) is 0 Å². The van der Waals surface area contributed by atoms with Crippen LogP contribution < -0.4 is 15.8 Å². The number of fused-ring (bicyclic) bond motifs is 1. The smallest absolute Gasteiger partial charge is 0.254 e. The first-order valence-electron chi connectivity index (χ1n) is 7.90. The molecule has 1 unspecified atom stereocenters. The molecule has 1 aliphatic heterocycles. The van der Waals surface area contributed by atoms with Gasteiger partial charge in [0.05, 0.1) is 6.61 Å². The third-order valence-corrected chi connectivity index (χ3v) is 4.46. The third kappa shape index (κ3) is 3.35. The molecule has 1 aliphatic carbocycles. The Labute approximate surface area is 125 Å². The van der Waals surface area contributed by atoms with Crippen LogP contribution in [0.1, 0.15) is 47.3 Å². The van der Waals surface area contributed by atoms with E-state index in [1.165, 1.54) is 6.42 Å². The molecular weight excluding hydrogens is 266 g/mol. The van der Waals surface area contributed by atoms with Gasteiger partial charge in [0.25, 0.3) is 5.91 Å². The second-order valence-corrected chi connectivity index (χ2v) is 6.01. The lowest BCUT2D eigenvalue weighted by atomic mass is 9.95. The van der Waals surface area contributed by atoms with E-state index in [2.05, 4.69) is 10.3 Å². The van der Waals surface area contributed by atoms with E-state index in [0.717, 1.165) is 56.5 Å². The Kier molecular flexibility index (Phi) is 4.39. The van der Waals surface area contributed by atoms with Crippen molar-refractivity contribution in [2.24, 2.45) is 11.7 Å². The van der Waals surface area contributed by atoms with E-state index in [9.17, 15) is 4.79 Å². The maximum atomic E-state index is 11.6. The lowest BCUT2D eigenvalue weighted by Crippen LogP contribution is -2.18. The van der Waals surface area contributed by atoms with Crippen LogP contribution in [-0.2, 0) is 12.8 Å². The molecule has 1 aromatic heterocycles. The molecular formula is C16H23N3O2. The van der Waals surface area contributed by atoms with E-state index in [1.54, 1.807) is 0 Å². The molecule has 5 heteroatoms. The van der Waals surface area contributed by atoms with Crippen LogP contribution in [0.25, 0.3) is 0 Å². The maximum Gasteiger partial charge on any atom is 0.254 e. The summed E-state index contributed by atoms with van der Waals surface area (Å²) in [7, 11) is 0. The van der Waals surface area contributed by atoms with Gasteiger partial charge in [0.15, 0.2) is 0 Å². The number of nitrogens with one attached hydrogen (secondary N) is 1. The number of hydrogen-bond acceptors (Lipinski definition) is 4. The summed E-state index contributed by atoms with van der Waals surface area (Å²) in [5.41, 5.74) is 8.13. The van der Waals surface area contributed by atoms with E-state index in [1.807, 2.05) is 6.07 Å². The molecule has 0 spiro atoms. The Balaban J connectivity index is 1.71. The topological polar surface area (TPSA) is 77.2 Å². The number of amides is 1. The Morgan fingerprint density at radius 1 is 1.43 bits per heavy atom. The Morgan fingerprint density at radius 2 is 2.29 bits per heavy atom. The first-order valence-corrected chi connectivity index (χ1v) is 7.90. The number of carbonyl (C=O) groups is 1. The molecule has 1 atom stereocenters. The highest BCUT2D eigenvalue weighted by atomic mass is 16.5. The molecule has 1 aromatic rings. The van der Waals surface area contributed by atoms with Crippen molar-refractivity contribution in [1.29, 1.82) is 0 Å². The Hall–Kier alpha value is -1.62. The molecule has 2 heterocycles. The summed E-state index contributed by atoms with van der Waals surface area (Å²) in [5, 5.41) is 3.35. The van der Waals surface area contributed by atoms with Gasteiger partial charge in [-0.3, -0.25) is 4.79 Å². The second-order valence-electron chi connectivity index (χ2n) is 6.01. The highest BCUT2D eigenvalue weighted by molar-refractivity contribution is 5.95. The zero-order valence-corrected chi connectivity index (χ0v) is 12.4. The fourth-order valence-electron chi connectivity index (χ4n) is 3.18. The number of nitrogens with zero attached hydrogens (tertiary/aromatic N) is 1. The number of ether oxygens (including phenoxy) is 1. The van der Waals surface area contributed by atoms with Crippen LogP contribution in [0, 0.1) is 5.92 Å². The highest BCUT2D eigenvalue weighted by Crippen LogP contribution is 2.26. The van der Waals surface area contributed by atoms with Crippen molar-refractivity contribution >= 4 is 5.91 Å². The second kappa shape index (κ2) is 6.43. The average Bonchev–Trinajstić information content (AvgIpc) is 2.99. The van der Waals surface area contributed by atoms with Crippen LogP contribution in [0.5, 0.6) is 5.88 Å². The SMILES string of the molecule is NC(=O)c1cc2c(nc1OCCC1CCNC1)CCCC2. The normalized spacial score (nSPS) is 21.0. The van der Waals surface area contributed by atoms with Crippen molar-refractivity contribution in [2.75, 3.05) is 19.7 Å². The van der Waals surface area contributed by atoms with Crippen LogP contribution in [0.2, 0.25) is 0 Å². The molecule has 0 aromatic carbocycles. The minimum Gasteiger partial charge on any atom is -0.477 e. The van der Waals surface area contributed by atoms with Gasteiger partial charge in [0.1, 0.15) is 5.56 Å². The molecule has 0 bridgehead atoms. The molecule has 0 radical (unpaired) electrons. The number of aromatic nitrogens is 1. The average molecular weight is 289 g/mol. The van der Waals surface area contributed by atoms with E-state index >= 15 is 0 Å². The molecule has 5 nitrogen and oxygen atoms in total. The lowest BCUT2D eigenvalue weighted by Gasteiger charge is -2.18. The van der Waals surface area contributed by atoms with Crippen LogP contribution in [-0.4, -0.2) is 30.6 Å². The van der Waals surface area contributed by atoms with Crippen LogP contribution >= 0.6 is 0 Å². The van der Waals surface area contributed by atoms with Gasteiger partial charge >= 0.3 is 0 Å². The first kappa shape index (κ1) is 14.3. The first-order chi connectivity index (χ1) is 10.2. The van der Waals surface area contributed by atoms with Crippen molar-refractivity contribution in [3.63, 3.8) is 0 Å². The van der Waals surface area contributed by atoms with Gasteiger partial charge < -0.3 is 15.8 Å². The molecule has 3 N–H and O–H groups in total. The van der Waals surface area contributed by atoms with Crippen molar-refractivity contribution in [3.8, 4) is 5.88 Å². The third-order valence-electron chi connectivity index (χ3n) is 4.46. The number of primary amides is 1. The standard InChI is InChI=1S/C16H23N3O2/c17-15(20)13-9-12-3-1-2-4-14(12)19-16(13)21-8-6-11-5-7-18-10-11/h9,11,18H,1-8,10H2,(H2,17,20). The minimum atomic E-state index is -0.451. The minimum absolute atomic E-state index is 0.425. The zero-order valence-electron chi connectivity index (χ0n) is 12.4. The maximum absolute atomic E-state index is 11.6. The summed E-state index contributed by atoms with van der Waals surface area (Å²) in [6.07, 6.45) is 6.45. The predicted octanol–water partition coefficient (Wildman–Crippen LogP) is 1.44. The summed E-state index contributed by atoms with van der Waals surface area (Å²) >= 11 is 0. The lowest BCUT2D eigenvalue weighted by molar-refractivity contribution is 0.0995. The largest absolute Gasteiger partial charge is 0.477 e. The van der Waals surface area contributed by atoms with Gasteiger partial charge in [-0.1, -0.05) is 0 Å². The van der Waals surface area contributed by atoms with Gasteiger partial charge in [-0.2, -0.15) is 0 Å². The summed E-state index contributed by atoms with van der Waals surface area (Å²) in [5.74, 6) is 0.641. The molecule has 1 amide bonds. The monoisotopic (exact) mass is 289 g/mol. The van der Waals surface area contributed by atoms with E-state index in [0.29, 0.717) is 24.0 Å². The van der Waals surface area contributed by atoms with Crippen molar-refractivity contribution in [3.05, 3.63) is 22.9 Å². The van der Waals surface area contributed by atoms with E-state index < -0.39 is 5.91 Å². The summed E-state index contributed by atoms with van der Waals surface area (Å²) < 4.78 is 5.79. The quantitative estimate of drug-likeness (QED) is 0.860. The molecule has 114 valence electrons. The Bertz CT molecular complexity index is 524. The molecule has 1 saturated heterocycles. The summed E-state index contributed by atoms with van der Waals surface area (Å²) in [6, 6.07) is 1.89. The highest BCUT2D eigenvalue weighted by Gasteiger charge is 2.20. The zero-order chi connectivity index (χ0) is 14.7. The summed E-state index contributed by atoms with van der Waals surface area (Å²) in [4.78, 5) is 16.2.